The van der Waals surface area contributed by atoms with Gasteiger partial charge in [-0.05, 0) is 17.7 Å². The van der Waals surface area contributed by atoms with E-state index in [0.29, 0.717) is 6.26 Å². The molecule has 0 spiro atoms. The van der Waals surface area contributed by atoms with Crippen molar-refractivity contribution in [3.8, 4) is 0 Å². The fourth-order valence-corrected chi connectivity index (χ4v) is 3.20. The molecule has 2 aromatic rings. The average Bonchev–Trinajstić information content (AvgIpc) is 2.88. The Bertz CT molecular complexity index is 767. The van der Waals surface area contributed by atoms with Crippen LogP contribution >= 0.6 is 23.2 Å². The van der Waals surface area contributed by atoms with Crippen molar-refractivity contribution >= 4 is 33.0 Å². The van der Waals surface area contributed by atoms with Crippen LogP contribution in [0.1, 0.15) is 11.5 Å². The van der Waals surface area contributed by atoms with Crippen molar-refractivity contribution in [3.05, 3.63) is 46.5 Å². The third kappa shape index (κ3) is 3.39. The molecule has 0 saturated heterocycles. The lowest BCUT2D eigenvalue weighted by Gasteiger charge is -2.26. The molecular weight excluding hydrogens is 359 g/mol. The molecule has 0 radical (unpaired) electrons. The molecule has 1 atom stereocenters. The van der Waals surface area contributed by atoms with Crippen LogP contribution in [0.4, 0.5) is 8.78 Å². The van der Waals surface area contributed by atoms with Gasteiger partial charge in [0, 0.05) is 16.3 Å². The summed E-state index contributed by atoms with van der Waals surface area (Å²) >= 11 is 11.7. The van der Waals surface area contributed by atoms with Crippen molar-refractivity contribution in [1.82, 2.24) is 14.8 Å². The number of sulfone groups is 1. The summed E-state index contributed by atoms with van der Waals surface area (Å²) < 4.78 is 53.0. The van der Waals surface area contributed by atoms with Gasteiger partial charge in [-0.25, -0.2) is 13.4 Å². The zero-order chi connectivity index (χ0) is 16.5. The minimum absolute atomic E-state index is 0.0306. The van der Waals surface area contributed by atoms with Crippen LogP contribution in [0.5, 0.6) is 0 Å². The largest absolute Gasteiger partial charge is 0.353 e. The Kier molecular flexibility index (Phi) is 4.74. The van der Waals surface area contributed by atoms with E-state index in [1.54, 1.807) is 0 Å². The first-order chi connectivity index (χ1) is 10.1. The molecule has 1 unspecified atom stereocenters. The summed E-state index contributed by atoms with van der Waals surface area (Å²) in [7, 11) is -4.67. The monoisotopic (exact) mass is 369 g/mol. The zero-order valence-electron chi connectivity index (χ0n) is 11.2. The summed E-state index contributed by atoms with van der Waals surface area (Å²) in [5, 5.41) is -0.0794. The van der Waals surface area contributed by atoms with Gasteiger partial charge in [0.25, 0.3) is 0 Å². The van der Waals surface area contributed by atoms with Crippen LogP contribution in [0, 0.1) is 0 Å². The summed E-state index contributed by atoms with van der Waals surface area (Å²) in [6, 6.07) is 3.94. The molecule has 0 saturated carbocycles. The van der Waals surface area contributed by atoms with Gasteiger partial charge in [-0.15, -0.1) is 0 Å². The average molecular weight is 370 g/mol. The van der Waals surface area contributed by atoms with E-state index in [0.717, 1.165) is 4.68 Å². The number of halogens is 4. The Hall–Kier alpha value is -1.25. The maximum Gasteiger partial charge on any atom is 0.353 e. The van der Waals surface area contributed by atoms with E-state index in [1.807, 2.05) is 0 Å². The van der Waals surface area contributed by atoms with Gasteiger partial charge in [-0.1, -0.05) is 29.3 Å². The van der Waals surface area contributed by atoms with Crippen molar-refractivity contribution in [2.75, 3.05) is 6.26 Å². The highest BCUT2D eigenvalue weighted by Gasteiger charge is 2.51. The first-order valence-corrected chi connectivity index (χ1v) is 8.62. The molecule has 10 heteroatoms. The number of nitrogens with zero attached hydrogens (tertiary/aromatic N) is 3. The van der Waals surface area contributed by atoms with Gasteiger partial charge < -0.3 is 0 Å². The SMILES string of the molecule is CS(=O)(=O)C(F)(F)C(Cn1cncn1)c1ccc(Cl)cc1Cl. The van der Waals surface area contributed by atoms with Crippen LogP contribution in [-0.4, -0.2) is 34.7 Å². The highest BCUT2D eigenvalue weighted by molar-refractivity contribution is 7.91. The second-order valence-electron chi connectivity index (χ2n) is 4.67. The van der Waals surface area contributed by atoms with Gasteiger partial charge in [-0.3, -0.25) is 4.68 Å². The number of hydrogen-bond donors (Lipinski definition) is 0. The van der Waals surface area contributed by atoms with Crippen LogP contribution in [0.25, 0.3) is 0 Å². The van der Waals surface area contributed by atoms with E-state index in [9.17, 15) is 17.2 Å². The predicted octanol–water partition coefficient (Wildman–Crippen LogP) is 3.01. The van der Waals surface area contributed by atoms with Gasteiger partial charge in [-0.2, -0.15) is 13.9 Å². The molecule has 5 nitrogen and oxygen atoms in total. The Morgan fingerprint density at radius 3 is 2.55 bits per heavy atom. The smallest absolute Gasteiger partial charge is 0.252 e. The van der Waals surface area contributed by atoms with Gasteiger partial charge in [0.15, 0.2) is 0 Å². The molecule has 0 aliphatic carbocycles. The highest BCUT2D eigenvalue weighted by atomic mass is 35.5. The first-order valence-electron chi connectivity index (χ1n) is 5.97. The number of hydrogen-bond acceptors (Lipinski definition) is 4. The first kappa shape index (κ1) is 17.1. The van der Waals surface area contributed by atoms with E-state index in [-0.39, 0.29) is 15.6 Å². The minimum atomic E-state index is -4.67. The molecule has 1 aromatic heterocycles. The Balaban J connectivity index is 2.55. The Labute approximate surface area is 135 Å². The van der Waals surface area contributed by atoms with E-state index in [4.69, 9.17) is 23.2 Å². The third-order valence-corrected chi connectivity index (χ3v) is 4.91. The Morgan fingerprint density at radius 1 is 1.36 bits per heavy atom. The van der Waals surface area contributed by atoms with Crippen molar-refractivity contribution in [2.45, 2.75) is 17.7 Å². The molecule has 0 bridgehead atoms. The lowest BCUT2D eigenvalue weighted by Crippen LogP contribution is -2.37. The third-order valence-electron chi connectivity index (χ3n) is 3.07. The number of benzene rings is 1. The molecule has 0 aliphatic rings. The second kappa shape index (κ2) is 6.10. The fourth-order valence-electron chi connectivity index (χ4n) is 1.94. The van der Waals surface area contributed by atoms with Crippen LogP contribution < -0.4 is 0 Å². The van der Waals surface area contributed by atoms with Gasteiger partial charge in [0.1, 0.15) is 12.7 Å². The molecule has 1 heterocycles. The highest BCUT2D eigenvalue weighted by Crippen LogP contribution is 2.41. The number of alkyl halides is 2. The Morgan fingerprint density at radius 2 is 2.05 bits per heavy atom. The zero-order valence-corrected chi connectivity index (χ0v) is 13.6. The quantitative estimate of drug-likeness (QED) is 0.812. The molecular formula is C12H11Cl2F2N3O2S. The minimum Gasteiger partial charge on any atom is -0.252 e. The molecule has 0 aliphatic heterocycles. The molecule has 1 aromatic carbocycles. The van der Waals surface area contributed by atoms with Crippen molar-refractivity contribution in [3.63, 3.8) is 0 Å². The standard InChI is InChI=1S/C12H11Cl2F2N3O2S/c1-22(20,21)12(15,16)10(5-19-7-17-6-18-19)9-3-2-8(13)4-11(9)14/h2-4,6-7,10H,5H2,1H3. The summed E-state index contributed by atoms with van der Waals surface area (Å²) in [4.78, 5) is 3.65. The lowest BCUT2D eigenvalue weighted by molar-refractivity contribution is 0.0526. The van der Waals surface area contributed by atoms with Gasteiger partial charge >= 0.3 is 5.25 Å². The second-order valence-corrected chi connectivity index (χ2v) is 7.60. The molecule has 120 valence electrons. The molecule has 2 rings (SSSR count). The lowest BCUT2D eigenvalue weighted by atomic mass is 9.99. The van der Waals surface area contributed by atoms with Crippen LogP contribution in [0.3, 0.4) is 0 Å². The van der Waals surface area contributed by atoms with Crippen LogP contribution in [0.2, 0.25) is 10.0 Å². The number of rotatable bonds is 5. The van der Waals surface area contributed by atoms with Gasteiger partial charge in [0.05, 0.1) is 12.5 Å². The van der Waals surface area contributed by atoms with E-state index >= 15 is 0 Å². The van der Waals surface area contributed by atoms with Crippen LogP contribution in [-0.2, 0) is 16.4 Å². The predicted molar refractivity (Wildman–Crippen MR) is 79.0 cm³/mol. The summed E-state index contributed by atoms with van der Waals surface area (Å²) in [5.41, 5.74) is -0.0306. The summed E-state index contributed by atoms with van der Waals surface area (Å²) in [5.74, 6) is -1.73. The fraction of sp³-hybridized carbons (Fsp3) is 0.333. The van der Waals surface area contributed by atoms with Crippen molar-refractivity contribution < 1.29 is 17.2 Å². The molecule has 0 amide bonds. The molecule has 0 fully saturated rings. The van der Waals surface area contributed by atoms with E-state index < -0.39 is 27.6 Å². The van der Waals surface area contributed by atoms with E-state index in [1.165, 1.54) is 30.9 Å². The summed E-state index contributed by atoms with van der Waals surface area (Å²) in [6.45, 7) is -0.401. The summed E-state index contributed by atoms with van der Waals surface area (Å²) in [6.07, 6.45) is 2.86. The van der Waals surface area contributed by atoms with Crippen molar-refractivity contribution in [1.29, 1.82) is 0 Å². The van der Waals surface area contributed by atoms with E-state index in [2.05, 4.69) is 10.1 Å². The maximum absolute atomic E-state index is 14.4. The van der Waals surface area contributed by atoms with Crippen molar-refractivity contribution in [2.24, 2.45) is 0 Å². The normalized spacial score (nSPS) is 14.0. The van der Waals surface area contributed by atoms with Gasteiger partial charge in [0.2, 0.25) is 9.84 Å². The topological polar surface area (TPSA) is 64.8 Å². The molecule has 0 N–H and O–H groups in total. The van der Waals surface area contributed by atoms with Crippen LogP contribution in [0.15, 0.2) is 30.9 Å². The maximum atomic E-state index is 14.4. The number of aromatic nitrogens is 3. The molecule has 22 heavy (non-hydrogen) atoms.